The molecule has 0 fully saturated rings. The molecule has 0 atom stereocenters. The number of rotatable bonds is 0. The number of fused-ring (bicyclic) bond motifs is 1. The van der Waals surface area contributed by atoms with E-state index in [9.17, 15) is 0 Å². The van der Waals surface area contributed by atoms with Gasteiger partial charge in [-0.15, -0.1) is 10.2 Å². The summed E-state index contributed by atoms with van der Waals surface area (Å²) in [5.74, 6) is 0. The molecule has 0 bridgehead atoms. The number of aromatic nitrogens is 2. The Morgan fingerprint density at radius 3 is 2.69 bits per heavy atom. The van der Waals surface area contributed by atoms with E-state index in [1.807, 2.05) is 30.3 Å². The van der Waals surface area contributed by atoms with Gasteiger partial charge < -0.3 is 5.21 Å². The van der Waals surface area contributed by atoms with E-state index in [1.54, 1.807) is 6.07 Å². The molecule has 0 aliphatic rings. The van der Waals surface area contributed by atoms with Crippen LogP contribution in [0, 0.1) is 0 Å². The van der Waals surface area contributed by atoms with Gasteiger partial charge in [0.2, 0.25) is 5.49 Å². The van der Waals surface area contributed by atoms with Gasteiger partial charge in [0.15, 0.2) is 0 Å². The third-order valence-corrected chi connectivity index (χ3v) is 1.71. The van der Waals surface area contributed by atoms with Crippen molar-refractivity contribution in [2.24, 2.45) is 5.16 Å². The molecule has 0 saturated carbocycles. The first-order valence-electron chi connectivity index (χ1n) is 3.81. The predicted octanol–water partition coefficient (Wildman–Crippen LogP) is 0.920. The Labute approximate surface area is 74.2 Å². The Morgan fingerprint density at radius 1 is 1.00 bits per heavy atom. The largest absolute Gasteiger partial charge is 0.409 e. The number of hydrogen-bond donors (Lipinski definition) is 1. The van der Waals surface area contributed by atoms with Gasteiger partial charge in [-0.05, 0) is 18.2 Å². The van der Waals surface area contributed by atoms with Crippen molar-refractivity contribution in [3.63, 3.8) is 0 Å². The van der Waals surface area contributed by atoms with Crippen molar-refractivity contribution in [3.05, 3.63) is 41.9 Å². The van der Waals surface area contributed by atoms with Gasteiger partial charge in [-0.1, -0.05) is 23.4 Å². The monoisotopic (exact) mass is 173 g/mol. The molecule has 2 rings (SSSR count). The van der Waals surface area contributed by atoms with Crippen LogP contribution < -0.4 is 5.49 Å². The second kappa shape index (κ2) is 3.18. The summed E-state index contributed by atoms with van der Waals surface area (Å²) >= 11 is 0. The van der Waals surface area contributed by atoms with Crippen molar-refractivity contribution in [1.29, 1.82) is 0 Å². The topological polar surface area (TPSA) is 58.4 Å². The van der Waals surface area contributed by atoms with Gasteiger partial charge in [0.05, 0.1) is 5.52 Å². The average molecular weight is 173 g/mol. The summed E-state index contributed by atoms with van der Waals surface area (Å²) < 4.78 is 0. The molecule has 0 spiro atoms. The highest BCUT2D eigenvalue weighted by Gasteiger charge is 1.89. The standard InChI is InChI=1S/C9H7N3O/c13-12-9-6-5-7-3-1-2-4-8(7)10-11-9/h1-6,13H/b12-9-. The van der Waals surface area contributed by atoms with Crippen LogP contribution in [0.1, 0.15) is 0 Å². The molecule has 0 radical (unpaired) electrons. The molecule has 0 saturated heterocycles. The highest BCUT2D eigenvalue weighted by Crippen LogP contribution is 2.05. The van der Waals surface area contributed by atoms with Crippen molar-refractivity contribution in [3.8, 4) is 0 Å². The molecule has 2 aromatic rings. The van der Waals surface area contributed by atoms with Crippen LogP contribution in [-0.4, -0.2) is 15.4 Å². The Kier molecular flexibility index (Phi) is 1.88. The predicted molar refractivity (Wildman–Crippen MR) is 46.9 cm³/mol. The van der Waals surface area contributed by atoms with E-state index in [4.69, 9.17) is 5.21 Å². The number of hydrogen-bond acceptors (Lipinski definition) is 4. The molecular formula is C9H7N3O. The summed E-state index contributed by atoms with van der Waals surface area (Å²) in [5, 5.41) is 20.0. The van der Waals surface area contributed by atoms with Crippen LogP contribution in [0.4, 0.5) is 0 Å². The molecule has 0 aliphatic carbocycles. The zero-order valence-corrected chi connectivity index (χ0v) is 6.75. The van der Waals surface area contributed by atoms with Gasteiger partial charge in [-0.3, -0.25) is 0 Å². The third kappa shape index (κ3) is 1.46. The second-order valence-electron chi connectivity index (χ2n) is 2.55. The zero-order chi connectivity index (χ0) is 9.10. The summed E-state index contributed by atoms with van der Waals surface area (Å²) in [6, 6.07) is 11.0. The molecule has 1 aromatic carbocycles. The van der Waals surface area contributed by atoms with Gasteiger partial charge in [0, 0.05) is 5.39 Å². The lowest BCUT2D eigenvalue weighted by Gasteiger charge is -1.85. The summed E-state index contributed by atoms with van der Waals surface area (Å²) in [4.78, 5) is 0. The lowest BCUT2D eigenvalue weighted by Crippen LogP contribution is -2.03. The molecule has 4 nitrogen and oxygen atoms in total. The SMILES string of the molecule is O/N=c1/ccc2ccccc2nn1. The van der Waals surface area contributed by atoms with Gasteiger partial charge in [0.1, 0.15) is 0 Å². The Hall–Kier alpha value is -1.97. The molecule has 1 N–H and O–H groups in total. The first kappa shape index (κ1) is 7.67. The maximum absolute atomic E-state index is 8.48. The lowest BCUT2D eigenvalue weighted by atomic mass is 10.2. The molecule has 0 aliphatic heterocycles. The van der Waals surface area contributed by atoms with Crippen molar-refractivity contribution in [2.75, 3.05) is 0 Å². The van der Waals surface area contributed by atoms with E-state index >= 15 is 0 Å². The van der Waals surface area contributed by atoms with Crippen LogP contribution in [0.25, 0.3) is 10.9 Å². The Bertz CT molecular complexity index is 455. The smallest absolute Gasteiger partial charge is 0.212 e. The summed E-state index contributed by atoms with van der Waals surface area (Å²) in [5.41, 5.74) is 0.980. The van der Waals surface area contributed by atoms with Crippen LogP contribution >= 0.6 is 0 Å². The first-order valence-corrected chi connectivity index (χ1v) is 3.81. The van der Waals surface area contributed by atoms with Crippen molar-refractivity contribution >= 4 is 10.9 Å². The fraction of sp³-hybridized carbons (Fsp3) is 0. The van der Waals surface area contributed by atoms with Crippen molar-refractivity contribution < 1.29 is 5.21 Å². The fourth-order valence-electron chi connectivity index (χ4n) is 1.08. The average Bonchev–Trinajstić information content (AvgIpc) is 2.39. The zero-order valence-electron chi connectivity index (χ0n) is 6.75. The molecule has 0 amide bonds. The van der Waals surface area contributed by atoms with E-state index in [2.05, 4.69) is 15.4 Å². The lowest BCUT2D eigenvalue weighted by molar-refractivity contribution is 0.298. The molecule has 0 unspecified atom stereocenters. The molecule has 13 heavy (non-hydrogen) atoms. The van der Waals surface area contributed by atoms with E-state index in [0.717, 1.165) is 10.9 Å². The molecule has 1 aromatic heterocycles. The molecule has 1 heterocycles. The summed E-state index contributed by atoms with van der Waals surface area (Å²) in [6.07, 6.45) is 0. The third-order valence-electron chi connectivity index (χ3n) is 1.71. The highest BCUT2D eigenvalue weighted by atomic mass is 16.4. The van der Waals surface area contributed by atoms with Crippen molar-refractivity contribution in [1.82, 2.24) is 10.2 Å². The Balaban J connectivity index is 2.86. The van der Waals surface area contributed by atoms with Crippen LogP contribution in [0.15, 0.2) is 41.6 Å². The Morgan fingerprint density at radius 2 is 1.85 bits per heavy atom. The summed E-state index contributed by atoms with van der Waals surface area (Å²) in [6.45, 7) is 0. The van der Waals surface area contributed by atoms with Gasteiger partial charge in [0.25, 0.3) is 0 Å². The first-order chi connectivity index (χ1) is 6.40. The second-order valence-corrected chi connectivity index (χ2v) is 2.55. The highest BCUT2D eigenvalue weighted by molar-refractivity contribution is 5.76. The minimum atomic E-state index is 0.205. The molecular weight excluding hydrogens is 166 g/mol. The van der Waals surface area contributed by atoms with Crippen LogP contribution in [0.5, 0.6) is 0 Å². The normalized spacial score (nSPS) is 11.8. The van der Waals surface area contributed by atoms with E-state index < -0.39 is 0 Å². The minimum absolute atomic E-state index is 0.205. The number of nitrogens with zero attached hydrogens (tertiary/aromatic N) is 3. The quantitative estimate of drug-likeness (QED) is 0.476. The van der Waals surface area contributed by atoms with Crippen LogP contribution in [0.3, 0.4) is 0 Å². The molecule has 64 valence electrons. The van der Waals surface area contributed by atoms with Crippen LogP contribution in [0.2, 0.25) is 0 Å². The maximum Gasteiger partial charge on any atom is 0.212 e. The fourth-order valence-corrected chi connectivity index (χ4v) is 1.08. The minimum Gasteiger partial charge on any atom is -0.409 e. The maximum atomic E-state index is 8.48. The number of benzene rings is 1. The molecule has 4 heteroatoms. The summed E-state index contributed by atoms with van der Waals surface area (Å²) in [7, 11) is 0. The van der Waals surface area contributed by atoms with Gasteiger partial charge in [-0.2, -0.15) is 0 Å². The van der Waals surface area contributed by atoms with Gasteiger partial charge >= 0.3 is 0 Å². The van der Waals surface area contributed by atoms with E-state index in [0.29, 0.717) is 0 Å². The van der Waals surface area contributed by atoms with Crippen molar-refractivity contribution in [2.45, 2.75) is 0 Å². The van der Waals surface area contributed by atoms with E-state index in [-0.39, 0.29) is 5.49 Å². The van der Waals surface area contributed by atoms with Crippen LogP contribution in [-0.2, 0) is 0 Å². The van der Waals surface area contributed by atoms with Gasteiger partial charge in [-0.25, -0.2) is 0 Å². The van der Waals surface area contributed by atoms with E-state index in [1.165, 1.54) is 0 Å².